The highest BCUT2D eigenvalue weighted by atomic mass is 32.1. The topological polar surface area (TPSA) is 559 Å². The molecule has 1 saturated heterocycles. The second-order valence-electron chi connectivity index (χ2n) is 16.1. The van der Waals surface area contributed by atoms with Crippen LogP contribution in [0.2, 0.25) is 0 Å². The van der Waals surface area contributed by atoms with Crippen LogP contribution >= 0.6 is 22.7 Å². The Bertz CT molecular complexity index is 1840. The monoisotopic (exact) mass is 1130 g/mol. The molecule has 3 unspecified atom stereocenters. The van der Waals surface area contributed by atoms with Gasteiger partial charge in [0, 0.05) is 48.7 Å². The highest BCUT2D eigenvalue weighted by molar-refractivity contribution is 7.10. The molecule has 0 saturated carbocycles. The zero-order valence-electron chi connectivity index (χ0n) is 43.4. The summed E-state index contributed by atoms with van der Waals surface area (Å²) in [4.78, 5) is 94.0. The van der Waals surface area contributed by atoms with E-state index in [0.717, 1.165) is 69.3 Å². The number of likely N-dealkylation sites (tertiary alicyclic amines) is 1. The number of thiophene rings is 2. The summed E-state index contributed by atoms with van der Waals surface area (Å²) in [5.74, 6) is -7.58. The van der Waals surface area contributed by atoms with E-state index < -0.39 is 83.7 Å². The fourth-order valence-electron chi connectivity index (χ4n) is 4.88. The fraction of sp³-hybridized carbons (Fsp3) is 0.630. The first kappa shape index (κ1) is 78.9. The van der Waals surface area contributed by atoms with Crippen molar-refractivity contribution in [1.29, 1.82) is 0 Å². The third kappa shape index (κ3) is 54.3. The summed E-state index contributed by atoms with van der Waals surface area (Å²) < 4.78 is 0. The lowest BCUT2D eigenvalue weighted by Crippen LogP contribution is -2.56. The van der Waals surface area contributed by atoms with Gasteiger partial charge in [0.05, 0.1) is 6.54 Å². The summed E-state index contributed by atoms with van der Waals surface area (Å²) in [6.45, 7) is 6.84. The molecule has 0 bridgehead atoms. The van der Waals surface area contributed by atoms with E-state index in [-0.39, 0.29) is 32.4 Å². The molecule has 440 valence electrons. The van der Waals surface area contributed by atoms with Crippen LogP contribution in [0.5, 0.6) is 0 Å². The average molecular weight is 1130 g/mol. The minimum absolute atomic E-state index is 0.00463. The Morgan fingerprint density at radius 1 is 0.618 bits per heavy atom. The van der Waals surface area contributed by atoms with Gasteiger partial charge >= 0.3 is 53.8 Å². The molecule has 0 radical (unpaired) electrons. The Labute approximate surface area is 450 Å². The van der Waals surface area contributed by atoms with Crippen LogP contribution in [0.25, 0.3) is 0 Å². The zero-order chi connectivity index (χ0) is 59.7. The molecule has 0 aromatic carbocycles. The van der Waals surface area contributed by atoms with E-state index >= 15 is 0 Å². The number of unbranched alkanes of at least 4 members (excludes halogenated alkanes) is 5. The van der Waals surface area contributed by atoms with Gasteiger partial charge in [-0.3, -0.25) is 33.6 Å². The van der Waals surface area contributed by atoms with Gasteiger partial charge in [-0.1, -0.05) is 51.7 Å². The standard InChI is InChI=1S/C7H14N2O4.C7H9NO2S.C7H15NO2.C6H7NO2S.C6H11NO2.C6H13NO2.C4H9NO2.C3H8N2O2/c8-7(9,6(12)13)4-2-1-3-5(10)11;8-6(7(9)10)4-5-2-1-3-11-5;1-2-3-4-5-6(8)7(9)10;7-5(6(8)9)4-2-1-3-10-4;8-6(9)7-4-2-1-3-5-7;7-5-3-1-2-4-6(8)9;1-2-5-3-4(6)7;4-1-2(5)3(6)7/h1-4,8-9H2,(H,10,11)(H,12,13);1-3,6H,4,8H2,(H,9,10);6H,2-5,8H2,1H3,(H,9,10);1-3,5H,7H2,(H,8,9);1-5H2,(H,8,9);1-5,7H2,(H,8,9);5H,2-3H2,1H3,(H,6,7);2H,1,4-5H2,(H,6,7)/t;6-;;;;;;/m.0....../s1. The highest BCUT2D eigenvalue weighted by Crippen LogP contribution is 2.16. The lowest BCUT2D eigenvalue weighted by atomic mass is 10.0. The summed E-state index contributed by atoms with van der Waals surface area (Å²) >= 11 is 2.88. The minimum atomic E-state index is -1.74. The number of carboxylic acid groups (broad SMARTS) is 9. The number of likely N-dealkylation sites (N-methyl/N-ethyl adjacent to an activating group) is 1. The number of rotatable bonds is 26. The van der Waals surface area contributed by atoms with Crippen LogP contribution in [0.15, 0.2) is 35.0 Å². The van der Waals surface area contributed by atoms with Crippen LogP contribution in [0.4, 0.5) is 4.79 Å². The fourth-order valence-corrected chi connectivity index (χ4v) is 6.36. The van der Waals surface area contributed by atoms with E-state index in [1.807, 2.05) is 24.4 Å². The van der Waals surface area contributed by atoms with Crippen molar-refractivity contribution >= 4 is 76.5 Å². The zero-order valence-corrected chi connectivity index (χ0v) is 45.0. The van der Waals surface area contributed by atoms with E-state index in [9.17, 15) is 43.2 Å². The third-order valence-electron chi connectivity index (χ3n) is 9.32. The summed E-state index contributed by atoms with van der Waals surface area (Å²) in [6.07, 6.45) is 10.4. The Hall–Kier alpha value is -5.93. The number of amides is 1. The maximum absolute atomic E-state index is 10.4. The molecular weight excluding hydrogens is 1040 g/mol. The number of piperidine rings is 1. The SMILES string of the molecule is CCCCCC(N)C(=O)O.CCNCC(=O)O.NC(C(=O)O)c1cccs1.NC(N)(CCCCC(=O)O)C(=O)O.NCC(N)C(=O)O.NCCCCCC(=O)O.N[C@@H](Cc1cccs1)C(=O)O.O=C(O)N1CCCCC1. The second kappa shape index (κ2) is 51.2. The van der Waals surface area contributed by atoms with E-state index in [2.05, 4.69) is 12.2 Å². The van der Waals surface area contributed by atoms with Crippen LogP contribution in [0, 0.1) is 0 Å². The first-order valence-corrected chi connectivity index (χ1v) is 25.8. The van der Waals surface area contributed by atoms with Gasteiger partial charge < -0.3 is 102 Å². The van der Waals surface area contributed by atoms with E-state index in [1.54, 1.807) is 17.5 Å². The number of nitrogens with one attached hydrogen (secondary N) is 1. The number of hydrogen-bond donors (Lipinski definition) is 18. The van der Waals surface area contributed by atoms with Gasteiger partial charge in [-0.15, -0.1) is 22.7 Å². The molecule has 2 aromatic heterocycles. The first-order valence-electron chi connectivity index (χ1n) is 24.0. The molecule has 30 heteroatoms. The van der Waals surface area contributed by atoms with Gasteiger partial charge in [0.25, 0.3) is 0 Å². The number of nitrogens with two attached hydrogens (primary N) is 8. The molecule has 1 fully saturated rings. The Morgan fingerprint density at radius 3 is 1.46 bits per heavy atom. The molecule has 1 amide bonds. The largest absolute Gasteiger partial charge is 0.481 e. The van der Waals surface area contributed by atoms with Crippen molar-refractivity contribution in [3.05, 3.63) is 44.8 Å². The predicted molar refractivity (Wildman–Crippen MR) is 287 cm³/mol. The lowest BCUT2D eigenvalue weighted by molar-refractivity contribution is -0.144. The molecule has 2 aromatic rings. The Kier molecular flexibility index (Phi) is 53.2. The molecule has 3 rings (SSSR count). The molecule has 1 aliphatic rings. The molecule has 1 aliphatic heterocycles. The Morgan fingerprint density at radius 2 is 1.13 bits per heavy atom. The molecule has 76 heavy (non-hydrogen) atoms. The molecule has 4 atom stereocenters. The van der Waals surface area contributed by atoms with Crippen molar-refractivity contribution < 1.29 is 89.1 Å². The second-order valence-corrected chi connectivity index (χ2v) is 18.1. The van der Waals surface area contributed by atoms with Crippen LogP contribution in [-0.2, 0) is 44.8 Å². The normalized spacial score (nSPS) is 12.7. The van der Waals surface area contributed by atoms with Crippen molar-refractivity contribution in [1.82, 2.24) is 10.2 Å². The van der Waals surface area contributed by atoms with Crippen molar-refractivity contribution in [2.45, 2.75) is 146 Å². The lowest BCUT2D eigenvalue weighted by Gasteiger charge is -2.22. The number of carboxylic acids is 8. The van der Waals surface area contributed by atoms with Crippen LogP contribution < -0.4 is 51.2 Å². The minimum Gasteiger partial charge on any atom is -0.481 e. The molecular formula is C46H86N10O18S2. The van der Waals surface area contributed by atoms with Crippen molar-refractivity contribution in [2.24, 2.45) is 45.9 Å². The van der Waals surface area contributed by atoms with Gasteiger partial charge in [0.2, 0.25) is 0 Å². The van der Waals surface area contributed by atoms with Gasteiger partial charge in [-0.25, -0.2) is 9.59 Å². The number of carbonyl (C=O) groups is 9. The summed E-state index contributed by atoms with van der Waals surface area (Å²) in [6, 6.07) is 4.06. The number of nitrogens with zero attached hydrogens (tertiary/aromatic N) is 1. The van der Waals surface area contributed by atoms with Gasteiger partial charge in [-0.05, 0) is 93.8 Å². The van der Waals surface area contributed by atoms with Crippen LogP contribution in [0.3, 0.4) is 0 Å². The summed E-state index contributed by atoms with van der Waals surface area (Å²) in [5, 5.41) is 81.0. The first-order chi connectivity index (χ1) is 35.5. The molecule has 3 heterocycles. The molecule has 28 nitrogen and oxygen atoms in total. The Balaban J connectivity index is -0.000000254. The van der Waals surface area contributed by atoms with Crippen molar-refractivity contribution in [3.8, 4) is 0 Å². The van der Waals surface area contributed by atoms with Gasteiger partial charge in [0.1, 0.15) is 24.2 Å². The summed E-state index contributed by atoms with van der Waals surface area (Å²) in [7, 11) is 0. The third-order valence-corrected chi connectivity index (χ3v) is 11.2. The van der Waals surface area contributed by atoms with Gasteiger partial charge in [0.15, 0.2) is 5.66 Å². The summed E-state index contributed by atoms with van der Waals surface area (Å²) in [5.41, 5.74) is 39.5. The van der Waals surface area contributed by atoms with E-state index in [4.69, 9.17) is 91.8 Å². The van der Waals surface area contributed by atoms with Crippen LogP contribution in [-0.4, -0.2) is 168 Å². The van der Waals surface area contributed by atoms with Crippen molar-refractivity contribution in [2.75, 3.05) is 39.3 Å². The number of hydrogen-bond acceptors (Lipinski definition) is 20. The highest BCUT2D eigenvalue weighted by Gasteiger charge is 2.27. The molecule has 26 N–H and O–H groups in total. The quantitative estimate of drug-likeness (QED) is 0.0470. The molecule has 0 aliphatic carbocycles. The molecule has 0 spiro atoms. The van der Waals surface area contributed by atoms with E-state index in [0.29, 0.717) is 43.6 Å². The van der Waals surface area contributed by atoms with Gasteiger partial charge in [-0.2, -0.15) is 0 Å². The maximum Gasteiger partial charge on any atom is 0.407 e. The maximum atomic E-state index is 10.4. The van der Waals surface area contributed by atoms with Crippen LogP contribution in [0.1, 0.15) is 126 Å². The van der Waals surface area contributed by atoms with Crippen molar-refractivity contribution in [3.63, 3.8) is 0 Å². The number of aliphatic carboxylic acids is 8. The van der Waals surface area contributed by atoms with E-state index in [1.165, 1.54) is 34.0 Å². The smallest absolute Gasteiger partial charge is 0.407 e. The average Bonchev–Trinajstić information content (AvgIpc) is 4.10. The predicted octanol–water partition coefficient (Wildman–Crippen LogP) is 1.62.